The second-order valence-electron chi connectivity index (χ2n) is 4.26. The fourth-order valence-corrected chi connectivity index (χ4v) is 1.98. The number of rotatable bonds is 3. The highest BCUT2D eigenvalue weighted by atomic mass is 14.9. The van der Waals surface area contributed by atoms with E-state index in [0.29, 0.717) is 0 Å². The van der Waals surface area contributed by atoms with Gasteiger partial charge in [0.15, 0.2) is 0 Å². The summed E-state index contributed by atoms with van der Waals surface area (Å²) in [7, 11) is 0. The largest absolute Gasteiger partial charge is 0.383 e. The Morgan fingerprint density at radius 1 is 1.25 bits per heavy atom. The second kappa shape index (κ2) is 4.85. The van der Waals surface area contributed by atoms with Crippen LogP contribution < -0.4 is 5.32 Å². The van der Waals surface area contributed by atoms with E-state index in [0.717, 1.165) is 37.1 Å². The summed E-state index contributed by atoms with van der Waals surface area (Å²) < 4.78 is 0. The summed E-state index contributed by atoms with van der Waals surface area (Å²) in [5, 5.41) is 12.3. The molecule has 2 heteroatoms. The SMILES string of the molecule is Cc1ccc(CNC2=C(C#N)CCC2)cc1. The van der Waals surface area contributed by atoms with Crippen LogP contribution in [0.2, 0.25) is 0 Å². The minimum Gasteiger partial charge on any atom is -0.383 e. The molecule has 0 bridgehead atoms. The van der Waals surface area contributed by atoms with Crippen LogP contribution in [0.3, 0.4) is 0 Å². The van der Waals surface area contributed by atoms with Crippen LogP contribution in [0.1, 0.15) is 30.4 Å². The van der Waals surface area contributed by atoms with E-state index in [1.807, 2.05) is 0 Å². The van der Waals surface area contributed by atoms with Gasteiger partial charge in [-0.25, -0.2) is 0 Å². The first-order valence-electron chi connectivity index (χ1n) is 5.71. The van der Waals surface area contributed by atoms with Crippen LogP contribution in [0.25, 0.3) is 0 Å². The Morgan fingerprint density at radius 2 is 2.00 bits per heavy atom. The molecular formula is C14H16N2. The first kappa shape index (κ1) is 10.8. The molecule has 0 unspecified atom stereocenters. The van der Waals surface area contributed by atoms with Gasteiger partial charge in [-0.05, 0) is 31.7 Å². The fraction of sp³-hybridized carbons (Fsp3) is 0.357. The Balaban J connectivity index is 1.98. The van der Waals surface area contributed by atoms with Gasteiger partial charge in [0.05, 0.1) is 6.07 Å². The predicted molar refractivity (Wildman–Crippen MR) is 64.5 cm³/mol. The summed E-state index contributed by atoms with van der Waals surface area (Å²) in [6.45, 7) is 2.91. The van der Waals surface area contributed by atoms with Gasteiger partial charge in [-0.2, -0.15) is 5.26 Å². The molecule has 1 aliphatic carbocycles. The van der Waals surface area contributed by atoms with Crippen LogP contribution in [-0.4, -0.2) is 0 Å². The van der Waals surface area contributed by atoms with Crippen molar-refractivity contribution in [3.05, 3.63) is 46.7 Å². The van der Waals surface area contributed by atoms with Gasteiger partial charge in [-0.1, -0.05) is 29.8 Å². The van der Waals surface area contributed by atoms with Crippen molar-refractivity contribution in [3.8, 4) is 6.07 Å². The number of nitrogens with zero attached hydrogens (tertiary/aromatic N) is 1. The van der Waals surface area contributed by atoms with Crippen molar-refractivity contribution in [2.24, 2.45) is 0 Å². The number of nitriles is 1. The molecule has 2 rings (SSSR count). The summed E-state index contributed by atoms with van der Waals surface area (Å²) >= 11 is 0. The quantitative estimate of drug-likeness (QED) is 0.835. The van der Waals surface area contributed by atoms with Gasteiger partial charge in [0, 0.05) is 17.8 Å². The van der Waals surface area contributed by atoms with Crippen molar-refractivity contribution in [1.29, 1.82) is 5.26 Å². The third kappa shape index (κ3) is 2.43. The summed E-state index contributed by atoms with van der Waals surface area (Å²) in [4.78, 5) is 0. The minimum absolute atomic E-state index is 0.820. The predicted octanol–water partition coefficient (Wildman–Crippen LogP) is 3.05. The zero-order valence-corrected chi connectivity index (χ0v) is 9.59. The lowest BCUT2D eigenvalue weighted by atomic mass is 10.1. The maximum absolute atomic E-state index is 8.92. The van der Waals surface area contributed by atoms with E-state index in [1.165, 1.54) is 11.1 Å². The summed E-state index contributed by atoms with van der Waals surface area (Å²) in [5.41, 5.74) is 4.62. The molecule has 0 fully saturated rings. The molecule has 82 valence electrons. The van der Waals surface area contributed by atoms with Crippen LogP contribution in [-0.2, 0) is 6.54 Å². The first-order valence-corrected chi connectivity index (χ1v) is 5.71. The number of nitrogens with one attached hydrogen (secondary N) is 1. The number of allylic oxidation sites excluding steroid dienone is 2. The van der Waals surface area contributed by atoms with E-state index in [4.69, 9.17) is 5.26 Å². The van der Waals surface area contributed by atoms with Gasteiger partial charge in [0.25, 0.3) is 0 Å². The Morgan fingerprint density at radius 3 is 2.69 bits per heavy atom. The second-order valence-corrected chi connectivity index (χ2v) is 4.26. The molecule has 1 N–H and O–H groups in total. The molecule has 0 saturated carbocycles. The molecule has 0 aromatic heterocycles. The molecule has 0 amide bonds. The van der Waals surface area contributed by atoms with Crippen molar-refractivity contribution in [2.75, 3.05) is 0 Å². The third-order valence-corrected chi connectivity index (χ3v) is 2.98. The molecule has 1 aromatic rings. The monoisotopic (exact) mass is 212 g/mol. The fourth-order valence-electron chi connectivity index (χ4n) is 1.98. The van der Waals surface area contributed by atoms with Crippen molar-refractivity contribution >= 4 is 0 Å². The zero-order chi connectivity index (χ0) is 11.4. The van der Waals surface area contributed by atoms with Crippen LogP contribution in [0.15, 0.2) is 35.5 Å². The molecule has 0 aliphatic heterocycles. The smallest absolute Gasteiger partial charge is 0.0965 e. The average Bonchev–Trinajstić information content (AvgIpc) is 2.76. The molecule has 0 radical (unpaired) electrons. The number of aryl methyl sites for hydroxylation is 1. The van der Waals surface area contributed by atoms with Crippen LogP contribution in [0.4, 0.5) is 0 Å². The van der Waals surface area contributed by atoms with Gasteiger partial charge in [0.1, 0.15) is 0 Å². The summed E-state index contributed by atoms with van der Waals surface area (Å²) in [6, 6.07) is 10.8. The lowest BCUT2D eigenvalue weighted by Crippen LogP contribution is -2.12. The number of hydrogen-bond acceptors (Lipinski definition) is 2. The van der Waals surface area contributed by atoms with E-state index in [2.05, 4.69) is 42.6 Å². The molecular weight excluding hydrogens is 196 g/mol. The van der Waals surface area contributed by atoms with E-state index in [9.17, 15) is 0 Å². The summed E-state index contributed by atoms with van der Waals surface area (Å²) in [6.07, 6.45) is 3.07. The van der Waals surface area contributed by atoms with Crippen LogP contribution in [0.5, 0.6) is 0 Å². The van der Waals surface area contributed by atoms with E-state index in [-0.39, 0.29) is 0 Å². The van der Waals surface area contributed by atoms with Gasteiger partial charge in [0.2, 0.25) is 0 Å². The average molecular weight is 212 g/mol. The van der Waals surface area contributed by atoms with Crippen LogP contribution in [0, 0.1) is 18.3 Å². The molecule has 0 heterocycles. The topological polar surface area (TPSA) is 35.8 Å². The highest BCUT2D eigenvalue weighted by Gasteiger charge is 2.13. The van der Waals surface area contributed by atoms with E-state index < -0.39 is 0 Å². The van der Waals surface area contributed by atoms with Gasteiger partial charge in [-0.3, -0.25) is 0 Å². The Labute approximate surface area is 96.6 Å². The van der Waals surface area contributed by atoms with Crippen molar-refractivity contribution in [3.63, 3.8) is 0 Å². The van der Waals surface area contributed by atoms with Crippen LogP contribution >= 0.6 is 0 Å². The van der Waals surface area contributed by atoms with Gasteiger partial charge >= 0.3 is 0 Å². The van der Waals surface area contributed by atoms with Gasteiger partial charge < -0.3 is 5.32 Å². The molecule has 0 atom stereocenters. The lowest BCUT2D eigenvalue weighted by molar-refractivity contribution is 0.761. The molecule has 0 saturated heterocycles. The van der Waals surface area contributed by atoms with E-state index in [1.54, 1.807) is 0 Å². The standard InChI is InChI=1S/C14H16N2/c1-11-5-7-12(8-6-11)10-16-14-4-2-3-13(14)9-15/h5-8,16H,2-4,10H2,1H3. The molecule has 1 aromatic carbocycles. The Bertz CT molecular complexity index is 435. The third-order valence-electron chi connectivity index (χ3n) is 2.98. The maximum atomic E-state index is 8.92. The molecule has 2 nitrogen and oxygen atoms in total. The van der Waals surface area contributed by atoms with Crippen molar-refractivity contribution in [2.45, 2.75) is 32.7 Å². The maximum Gasteiger partial charge on any atom is 0.0965 e. The lowest BCUT2D eigenvalue weighted by Gasteiger charge is -2.08. The number of hydrogen-bond donors (Lipinski definition) is 1. The van der Waals surface area contributed by atoms with Crippen molar-refractivity contribution < 1.29 is 0 Å². The summed E-state index contributed by atoms with van der Waals surface area (Å²) in [5.74, 6) is 0. The Hall–Kier alpha value is -1.75. The Kier molecular flexibility index (Phi) is 3.26. The van der Waals surface area contributed by atoms with Gasteiger partial charge in [-0.15, -0.1) is 0 Å². The van der Waals surface area contributed by atoms with Crippen molar-refractivity contribution in [1.82, 2.24) is 5.32 Å². The zero-order valence-electron chi connectivity index (χ0n) is 9.59. The van der Waals surface area contributed by atoms with E-state index >= 15 is 0 Å². The normalized spacial score (nSPS) is 15.0. The molecule has 16 heavy (non-hydrogen) atoms. The molecule has 0 spiro atoms. The highest BCUT2D eigenvalue weighted by molar-refractivity contribution is 5.31. The first-order chi connectivity index (χ1) is 7.79. The highest BCUT2D eigenvalue weighted by Crippen LogP contribution is 2.23. The number of benzene rings is 1. The molecule has 1 aliphatic rings. The minimum atomic E-state index is 0.820.